The van der Waals surface area contributed by atoms with Crippen molar-refractivity contribution in [3.63, 3.8) is 0 Å². The fraction of sp³-hybridized carbons (Fsp3) is 0.188. The van der Waals surface area contributed by atoms with Crippen molar-refractivity contribution in [2.45, 2.75) is 24.6 Å². The highest BCUT2D eigenvalue weighted by Crippen LogP contribution is 2.26. The number of hydrogen-bond acceptors (Lipinski definition) is 6. The van der Waals surface area contributed by atoms with Gasteiger partial charge in [-0.25, -0.2) is 4.98 Å². The van der Waals surface area contributed by atoms with Crippen LogP contribution in [0.3, 0.4) is 0 Å². The fourth-order valence-electron chi connectivity index (χ4n) is 2.25. The minimum atomic E-state index is 0.521. The number of aromatic nitrogens is 5. The van der Waals surface area contributed by atoms with E-state index in [1.807, 2.05) is 44.2 Å². The highest BCUT2D eigenvalue weighted by Gasteiger charge is 2.13. The van der Waals surface area contributed by atoms with Gasteiger partial charge < -0.3 is 0 Å². The highest BCUT2D eigenvalue weighted by molar-refractivity contribution is 9.10. The van der Waals surface area contributed by atoms with Gasteiger partial charge >= 0.3 is 0 Å². The van der Waals surface area contributed by atoms with E-state index in [0.29, 0.717) is 22.2 Å². The molecule has 0 aliphatic rings. The lowest BCUT2D eigenvalue weighted by Crippen LogP contribution is -2.02. The summed E-state index contributed by atoms with van der Waals surface area (Å²) < 4.78 is 2.68. The highest BCUT2D eigenvalue weighted by atomic mass is 79.9. The lowest BCUT2D eigenvalue weighted by atomic mass is 10.1. The van der Waals surface area contributed by atoms with Gasteiger partial charge in [0.2, 0.25) is 0 Å². The van der Waals surface area contributed by atoms with E-state index in [1.165, 1.54) is 11.8 Å². The quantitative estimate of drug-likeness (QED) is 0.622. The number of nitrogens with zero attached hydrogens (tertiary/aromatic N) is 6. The van der Waals surface area contributed by atoms with E-state index in [4.69, 9.17) is 0 Å². The smallest absolute Gasteiger partial charge is 0.166 e. The predicted molar refractivity (Wildman–Crippen MR) is 94.8 cm³/mol. The van der Waals surface area contributed by atoms with Gasteiger partial charge in [0.25, 0.3) is 0 Å². The van der Waals surface area contributed by atoms with Gasteiger partial charge in [-0.15, -0.1) is 5.10 Å². The number of aryl methyl sites for hydroxylation is 2. The van der Waals surface area contributed by atoms with Crippen LogP contribution in [0.1, 0.15) is 22.6 Å². The predicted octanol–water partition coefficient (Wildman–Crippen LogP) is 3.60. The Kier molecular flexibility index (Phi) is 4.92. The molecule has 0 aliphatic heterocycles. The van der Waals surface area contributed by atoms with Crippen molar-refractivity contribution >= 4 is 27.7 Å². The molecule has 6 nitrogen and oxygen atoms in total. The topological polar surface area (TPSA) is 80.3 Å². The van der Waals surface area contributed by atoms with Crippen molar-refractivity contribution in [2.75, 3.05) is 0 Å². The Balaban J connectivity index is 1.86. The summed E-state index contributed by atoms with van der Waals surface area (Å²) in [6.45, 7) is 3.84. The molecule has 3 aromatic rings. The molecule has 0 fully saturated rings. The van der Waals surface area contributed by atoms with E-state index in [9.17, 15) is 5.26 Å². The molecular weight excluding hydrogens is 388 g/mol. The average molecular weight is 401 g/mol. The van der Waals surface area contributed by atoms with Crippen molar-refractivity contribution in [3.8, 4) is 11.8 Å². The van der Waals surface area contributed by atoms with Crippen molar-refractivity contribution in [2.24, 2.45) is 0 Å². The third-order valence-electron chi connectivity index (χ3n) is 3.37. The molecule has 0 amide bonds. The van der Waals surface area contributed by atoms with Gasteiger partial charge in [0.1, 0.15) is 11.1 Å². The summed E-state index contributed by atoms with van der Waals surface area (Å²) in [5, 5.41) is 22.0. The van der Waals surface area contributed by atoms with Gasteiger partial charge in [0, 0.05) is 10.2 Å². The van der Waals surface area contributed by atoms with E-state index in [-0.39, 0.29) is 0 Å². The van der Waals surface area contributed by atoms with E-state index >= 15 is 0 Å². The molecule has 0 spiro atoms. The molecule has 0 saturated carbocycles. The molecule has 3 rings (SSSR count). The maximum absolute atomic E-state index is 9.35. The van der Waals surface area contributed by atoms with Crippen LogP contribution in [-0.4, -0.2) is 25.2 Å². The van der Waals surface area contributed by atoms with E-state index < -0.39 is 0 Å². The first-order valence-electron chi connectivity index (χ1n) is 7.13. The Morgan fingerprint density at radius 2 is 2.00 bits per heavy atom. The standard InChI is InChI=1S/C16H13BrN6S/c1-10-7-11(2)19-16(14(10)8-18)24-9-15-20-21-22-23(15)13-5-3-12(17)4-6-13/h3-7H,9H2,1-2H3. The van der Waals surface area contributed by atoms with Crippen LogP contribution in [0.15, 0.2) is 39.8 Å². The van der Waals surface area contributed by atoms with Crippen molar-refractivity contribution < 1.29 is 0 Å². The number of benzene rings is 1. The van der Waals surface area contributed by atoms with Crippen LogP contribution in [0.4, 0.5) is 0 Å². The first kappa shape index (κ1) is 16.6. The van der Waals surface area contributed by atoms with Gasteiger partial charge in [-0.1, -0.05) is 27.7 Å². The van der Waals surface area contributed by atoms with E-state index in [2.05, 4.69) is 42.5 Å². The Morgan fingerprint density at radius 1 is 1.25 bits per heavy atom. The van der Waals surface area contributed by atoms with E-state index in [1.54, 1.807) is 4.68 Å². The monoisotopic (exact) mass is 400 g/mol. The molecule has 0 atom stereocenters. The molecule has 2 aromatic heterocycles. The normalized spacial score (nSPS) is 10.6. The second-order valence-electron chi connectivity index (χ2n) is 5.14. The molecule has 24 heavy (non-hydrogen) atoms. The van der Waals surface area contributed by atoms with Crippen LogP contribution >= 0.6 is 27.7 Å². The number of hydrogen-bond donors (Lipinski definition) is 0. The fourth-order valence-corrected chi connectivity index (χ4v) is 3.52. The molecule has 0 aliphatic carbocycles. The lowest BCUT2D eigenvalue weighted by molar-refractivity contribution is 0.777. The molecule has 0 unspecified atom stereocenters. The van der Waals surface area contributed by atoms with Crippen LogP contribution in [0.25, 0.3) is 5.69 Å². The van der Waals surface area contributed by atoms with Gasteiger partial charge in [-0.2, -0.15) is 9.94 Å². The van der Waals surface area contributed by atoms with Gasteiger partial charge in [-0.05, 0) is 60.2 Å². The van der Waals surface area contributed by atoms with Crippen molar-refractivity contribution in [1.29, 1.82) is 5.26 Å². The molecule has 0 bridgehead atoms. The summed E-state index contributed by atoms with van der Waals surface area (Å²) in [6, 6.07) is 11.9. The molecule has 2 heterocycles. The van der Waals surface area contributed by atoms with Crippen LogP contribution in [0.2, 0.25) is 0 Å². The van der Waals surface area contributed by atoms with Gasteiger partial charge in [-0.3, -0.25) is 0 Å². The molecule has 0 radical (unpaired) electrons. The Labute approximate surface area is 152 Å². The van der Waals surface area contributed by atoms with Crippen LogP contribution < -0.4 is 0 Å². The third-order valence-corrected chi connectivity index (χ3v) is 4.87. The molecular formula is C16H13BrN6S. The molecule has 8 heteroatoms. The maximum atomic E-state index is 9.35. The molecule has 1 aromatic carbocycles. The summed E-state index contributed by atoms with van der Waals surface area (Å²) in [4.78, 5) is 4.47. The zero-order valence-corrected chi connectivity index (χ0v) is 15.5. The number of tetrazole rings is 1. The number of halogens is 1. The van der Waals surface area contributed by atoms with E-state index in [0.717, 1.165) is 21.4 Å². The van der Waals surface area contributed by atoms with Gasteiger partial charge in [0.05, 0.1) is 17.0 Å². The van der Waals surface area contributed by atoms with Crippen molar-refractivity contribution in [3.05, 3.63) is 57.4 Å². The first-order chi connectivity index (χ1) is 11.6. The Bertz CT molecular complexity index is 913. The second-order valence-corrected chi connectivity index (χ2v) is 7.02. The third kappa shape index (κ3) is 3.47. The Morgan fingerprint density at radius 3 is 2.71 bits per heavy atom. The summed E-state index contributed by atoms with van der Waals surface area (Å²) in [5.74, 6) is 1.22. The van der Waals surface area contributed by atoms with Gasteiger partial charge in [0.15, 0.2) is 5.82 Å². The summed E-state index contributed by atoms with van der Waals surface area (Å²) >= 11 is 4.88. The summed E-state index contributed by atoms with van der Waals surface area (Å²) in [7, 11) is 0. The van der Waals surface area contributed by atoms with Crippen molar-refractivity contribution in [1.82, 2.24) is 25.2 Å². The van der Waals surface area contributed by atoms with Crippen LogP contribution in [-0.2, 0) is 5.75 Å². The first-order valence-corrected chi connectivity index (χ1v) is 8.90. The summed E-state index contributed by atoms with van der Waals surface area (Å²) in [5.41, 5.74) is 3.31. The number of rotatable bonds is 4. The molecule has 120 valence electrons. The Hall–Kier alpha value is -2.24. The molecule has 0 N–H and O–H groups in total. The average Bonchev–Trinajstić information content (AvgIpc) is 3.01. The minimum Gasteiger partial charge on any atom is -0.245 e. The maximum Gasteiger partial charge on any atom is 0.166 e. The zero-order chi connectivity index (χ0) is 17.1. The number of nitriles is 1. The zero-order valence-electron chi connectivity index (χ0n) is 13.1. The summed E-state index contributed by atoms with van der Waals surface area (Å²) in [6.07, 6.45) is 0. The SMILES string of the molecule is Cc1cc(C)c(C#N)c(SCc2nnnn2-c2ccc(Br)cc2)n1. The minimum absolute atomic E-state index is 0.521. The van der Waals surface area contributed by atoms with Crippen LogP contribution in [0, 0.1) is 25.2 Å². The number of thioether (sulfide) groups is 1. The number of pyridine rings is 1. The second kappa shape index (κ2) is 7.11. The molecule has 0 saturated heterocycles. The van der Waals surface area contributed by atoms with Crippen LogP contribution in [0.5, 0.6) is 0 Å². The lowest BCUT2D eigenvalue weighted by Gasteiger charge is -2.08. The largest absolute Gasteiger partial charge is 0.245 e.